The van der Waals surface area contributed by atoms with Crippen molar-refractivity contribution in [3.05, 3.63) is 95.3 Å². The predicted octanol–water partition coefficient (Wildman–Crippen LogP) is 17.4. The summed E-state index contributed by atoms with van der Waals surface area (Å²) in [5, 5.41) is 2.91. The Morgan fingerprint density at radius 1 is 0.475 bits per heavy atom. The van der Waals surface area contributed by atoms with Crippen LogP contribution in [0.3, 0.4) is 0 Å². The average Bonchev–Trinajstić information content (AvgIpc) is 3.73. The molecule has 0 spiro atoms. The van der Waals surface area contributed by atoms with Crippen LogP contribution >= 0.6 is 0 Å². The minimum Gasteiger partial charge on any atom is -0.435 e. The summed E-state index contributed by atoms with van der Waals surface area (Å²) in [6.07, 6.45) is 35.4. The lowest BCUT2D eigenvalue weighted by Gasteiger charge is -2.25. The van der Waals surface area contributed by atoms with Gasteiger partial charge in [-0.25, -0.2) is 9.78 Å². The highest BCUT2D eigenvalue weighted by Gasteiger charge is 2.18. The van der Waals surface area contributed by atoms with Crippen molar-refractivity contribution in [2.75, 3.05) is 18.0 Å². The van der Waals surface area contributed by atoms with Gasteiger partial charge in [-0.1, -0.05) is 210 Å². The van der Waals surface area contributed by atoms with Gasteiger partial charge in [0.25, 0.3) is 0 Å². The van der Waals surface area contributed by atoms with Crippen LogP contribution in [0.5, 0.6) is 0 Å². The first kappa shape index (κ1) is 46.1. The molecule has 328 valence electrons. The molecular weight excluding hydrogens is 749 g/mol. The van der Waals surface area contributed by atoms with Gasteiger partial charge in [-0.2, -0.15) is 0 Å². The second kappa shape index (κ2) is 26.2. The molecule has 2 aromatic heterocycles. The molecule has 5 heteroatoms. The van der Waals surface area contributed by atoms with Crippen molar-refractivity contribution in [1.29, 1.82) is 0 Å². The Morgan fingerprint density at radius 3 is 1.56 bits per heavy atom. The van der Waals surface area contributed by atoms with Crippen LogP contribution in [0, 0.1) is 0 Å². The summed E-state index contributed by atoms with van der Waals surface area (Å²) in [5.74, 6) is 0.292. The highest BCUT2D eigenvalue weighted by Crippen LogP contribution is 2.33. The Balaban J connectivity index is 1.03. The van der Waals surface area contributed by atoms with Crippen molar-refractivity contribution in [1.82, 2.24) is 4.98 Å². The van der Waals surface area contributed by atoms with E-state index in [4.69, 9.17) is 13.8 Å². The van der Waals surface area contributed by atoms with Crippen LogP contribution in [0.4, 0.5) is 5.69 Å². The number of hydrogen-bond acceptors (Lipinski definition) is 5. The van der Waals surface area contributed by atoms with Crippen LogP contribution in [0.25, 0.3) is 55.4 Å². The number of fused-ring (bicyclic) bond motifs is 4. The SMILES string of the molecule is CCCCCCCCCCCCCCCCCCN(CCCCCCCCCCCC)c1ccc2cc(-c3nc4ccc5cc(-c6ccccc6)ccc5c4o3)c(=O)oc2c1. The molecular formula is C56H76N2O3. The van der Waals surface area contributed by atoms with E-state index in [-0.39, 0.29) is 0 Å². The van der Waals surface area contributed by atoms with E-state index in [0.717, 1.165) is 46.0 Å². The molecule has 0 atom stereocenters. The molecule has 0 amide bonds. The number of hydrogen-bond donors (Lipinski definition) is 0. The molecule has 4 aromatic carbocycles. The van der Waals surface area contributed by atoms with Gasteiger partial charge in [-0.3, -0.25) is 0 Å². The van der Waals surface area contributed by atoms with Gasteiger partial charge in [-0.05, 0) is 65.8 Å². The number of oxazole rings is 1. The van der Waals surface area contributed by atoms with Crippen molar-refractivity contribution in [2.45, 2.75) is 181 Å². The zero-order chi connectivity index (χ0) is 42.3. The second-order valence-corrected chi connectivity index (χ2v) is 17.9. The molecule has 61 heavy (non-hydrogen) atoms. The molecule has 0 aliphatic rings. The van der Waals surface area contributed by atoms with Crippen molar-refractivity contribution >= 4 is 38.5 Å². The highest BCUT2D eigenvalue weighted by molar-refractivity contribution is 6.05. The van der Waals surface area contributed by atoms with Gasteiger partial charge < -0.3 is 13.7 Å². The van der Waals surface area contributed by atoms with E-state index in [1.165, 1.54) is 173 Å². The molecule has 2 heterocycles. The minimum atomic E-state index is -0.425. The monoisotopic (exact) mass is 825 g/mol. The molecule has 6 aromatic rings. The fraction of sp³-hybridized carbons (Fsp3) is 0.536. The molecule has 0 aliphatic heterocycles. The van der Waals surface area contributed by atoms with Gasteiger partial charge in [0.15, 0.2) is 5.58 Å². The highest BCUT2D eigenvalue weighted by atomic mass is 16.4. The summed E-state index contributed by atoms with van der Waals surface area (Å²) in [6.45, 7) is 6.65. The van der Waals surface area contributed by atoms with Crippen molar-refractivity contribution in [3.63, 3.8) is 0 Å². The zero-order valence-electron chi connectivity index (χ0n) is 38.0. The molecule has 5 nitrogen and oxygen atoms in total. The summed E-state index contributed by atoms with van der Waals surface area (Å²) >= 11 is 0. The molecule has 0 bridgehead atoms. The largest absolute Gasteiger partial charge is 0.435 e. The van der Waals surface area contributed by atoms with Gasteiger partial charge in [0.1, 0.15) is 16.7 Å². The third-order valence-electron chi connectivity index (χ3n) is 12.9. The van der Waals surface area contributed by atoms with Gasteiger partial charge in [0, 0.05) is 35.6 Å². The maximum atomic E-state index is 13.6. The first-order valence-corrected chi connectivity index (χ1v) is 24.9. The lowest BCUT2D eigenvalue weighted by Crippen LogP contribution is -2.25. The van der Waals surface area contributed by atoms with Crippen LogP contribution in [0.15, 0.2) is 98.6 Å². The zero-order valence-corrected chi connectivity index (χ0v) is 38.0. The summed E-state index contributed by atoms with van der Waals surface area (Å²) in [4.78, 5) is 20.9. The second-order valence-electron chi connectivity index (χ2n) is 17.9. The quantitative estimate of drug-likeness (QED) is 0.0323. The Kier molecular flexibility index (Phi) is 19.8. The maximum Gasteiger partial charge on any atom is 0.349 e. The Bertz CT molecular complexity index is 2200. The molecule has 0 unspecified atom stereocenters. The first-order valence-electron chi connectivity index (χ1n) is 24.9. The normalized spacial score (nSPS) is 11.7. The molecule has 0 saturated heterocycles. The predicted molar refractivity (Wildman–Crippen MR) is 262 cm³/mol. The molecule has 0 saturated carbocycles. The fourth-order valence-electron chi connectivity index (χ4n) is 9.10. The molecule has 0 aliphatic carbocycles. The topological polar surface area (TPSA) is 59.5 Å². The Morgan fingerprint density at radius 2 is 1.00 bits per heavy atom. The summed E-state index contributed by atoms with van der Waals surface area (Å²) in [7, 11) is 0. The summed E-state index contributed by atoms with van der Waals surface area (Å²) < 4.78 is 12.4. The van der Waals surface area contributed by atoms with Crippen molar-refractivity contribution < 1.29 is 8.83 Å². The van der Waals surface area contributed by atoms with E-state index >= 15 is 0 Å². The molecule has 0 fully saturated rings. The number of anilines is 1. The van der Waals surface area contributed by atoms with Gasteiger partial charge in [-0.15, -0.1) is 0 Å². The van der Waals surface area contributed by atoms with E-state index < -0.39 is 5.63 Å². The molecule has 0 N–H and O–H groups in total. The van der Waals surface area contributed by atoms with Gasteiger partial charge >= 0.3 is 5.63 Å². The van der Waals surface area contributed by atoms with Gasteiger partial charge in [0.2, 0.25) is 5.89 Å². The Hall–Kier alpha value is -4.38. The van der Waals surface area contributed by atoms with Crippen LogP contribution in [-0.2, 0) is 0 Å². The van der Waals surface area contributed by atoms with E-state index in [2.05, 4.69) is 85.5 Å². The van der Waals surface area contributed by atoms with Crippen LogP contribution < -0.4 is 10.5 Å². The summed E-state index contributed by atoms with van der Waals surface area (Å²) in [5.41, 5.74) is 5.40. The lowest BCUT2D eigenvalue weighted by molar-refractivity contribution is 0.527. The van der Waals surface area contributed by atoms with Gasteiger partial charge in [0.05, 0.1) is 0 Å². The van der Waals surface area contributed by atoms with E-state index in [1.54, 1.807) is 0 Å². The van der Waals surface area contributed by atoms with Crippen LogP contribution in [0.2, 0.25) is 0 Å². The summed E-state index contributed by atoms with van der Waals surface area (Å²) in [6, 6.07) is 29.1. The van der Waals surface area contributed by atoms with Crippen molar-refractivity contribution in [2.24, 2.45) is 0 Å². The molecule has 6 rings (SSSR count). The Labute approximate surface area is 367 Å². The van der Waals surface area contributed by atoms with E-state index in [9.17, 15) is 4.79 Å². The van der Waals surface area contributed by atoms with Crippen LogP contribution in [-0.4, -0.2) is 18.1 Å². The average molecular weight is 825 g/mol. The lowest BCUT2D eigenvalue weighted by atomic mass is 10.0. The number of aromatic nitrogens is 1. The first-order chi connectivity index (χ1) is 30.1. The third-order valence-corrected chi connectivity index (χ3v) is 12.9. The van der Waals surface area contributed by atoms with E-state index in [0.29, 0.717) is 22.6 Å². The smallest absolute Gasteiger partial charge is 0.349 e. The number of nitrogens with zero attached hydrogens (tertiary/aromatic N) is 2. The third kappa shape index (κ3) is 14.6. The maximum absolute atomic E-state index is 13.6. The molecule has 0 radical (unpaired) electrons. The number of benzene rings is 4. The number of unbranched alkanes of at least 4 members (excludes halogenated alkanes) is 24. The van der Waals surface area contributed by atoms with E-state index in [1.807, 2.05) is 18.2 Å². The standard InChI is InChI=1S/C56H76N2O3/c1-3-5-7-9-11-13-15-16-17-18-19-20-22-24-26-31-41-58(40-30-25-23-21-14-12-10-8-6-4-2)49-37-34-48-43-51(56(59)60-53(48)44-49)55-57-52-39-36-47-42-46(45-32-28-27-29-33-45)35-38-50(47)54(52)61-55/h27-29,32-39,42-44H,3-26,30-31,40-41H2,1-2H3. The van der Waals surface area contributed by atoms with Crippen molar-refractivity contribution in [3.8, 4) is 22.6 Å². The fourth-order valence-corrected chi connectivity index (χ4v) is 9.10. The number of rotatable bonds is 31. The minimum absolute atomic E-state index is 0.292. The van der Waals surface area contributed by atoms with Crippen LogP contribution in [0.1, 0.15) is 181 Å².